The van der Waals surface area contributed by atoms with Crippen molar-refractivity contribution in [3.63, 3.8) is 0 Å². The number of methoxy groups -OCH3 is 2. The number of fused-ring (bicyclic) bond motifs is 9. The van der Waals surface area contributed by atoms with Crippen LogP contribution in [0.4, 0.5) is 9.59 Å². The number of carbonyl (C=O) groups is 4. The first-order valence-corrected chi connectivity index (χ1v) is 22.6. The van der Waals surface area contributed by atoms with Gasteiger partial charge in [0.15, 0.2) is 0 Å². The summed E-state index contributed by atoms with van der Waals surface area (Å²) in [5, 5.41) is 11.4. The minimum absolute atomic E-state index is 0.0201. The number of aliphatic imine (C=N–C) groups is 1. The number of piperidine rings is 1. The fraction of sp³-hybridized carbons (Fsp3) is 0.373. The molecule has 5 aromatic rings. The van der Waals surface area contributed by atoms with Crippen molar-refractivity contribution in [1.29, 1.82) is 0 Å². The van der Waals surface area contributed by atoms with Gasteiger partial charge < -0.3 is 40.2 Å². The van der Waals surface area contributed by atoms with E-state index < -0.39 is 30.3 Å². The molecule has 4 N–H and O–H groups in total. The molecule has 3 fully saturated rings. The topological polar surface area (TPSA) is 170 Å². The molecule has 14 nitrogen and oxygen atoms in total. The normalized spacial score (nSPS) is 24.0. The first-order chi connectivity index (χ1) is 31.5. The van der Waals surface area contributed by atoms with Gasteiger partial charge in [-0.05, 0) is 101 Å². The second-order valence-electron chi connectivity index (χ2n) is 18.3. The van der Waals surface area contributed by atoms with Crippen molar-refractivity contribution >= 4 is 57.7 Å². The summed E-state index contributed by atoms with van der Waals surface area (Å²) in [5.41, 5.74) is 7.65. The minimum Gasteiger partial charge on any atom is -0.453 e. The lowest BCUT2D eigenvalue weighted by molar-refractivity contribution is -0.137. The highest BCUT2D eigenvalue weighted by atomic mass is 16.5. The molecule has 334 valence electrons. The van der Waals surface area contributed by atoms with Gasteiger partial charge in [0, 0.05) is 18.0 Å². The molecular weight excluding hydrogens is 821 g/mol. The van der Waals surface area contributed by atoms with Crippen LogP contribution in [0, 0.1) is 11.8 Å². The number of benzene rings is 4. The average Bonchev–Trinajstić information content (AvgIpc) is 4.13. The lowest BCUT2D eigenvalue weighted by atomic mass is 9.90. The maximum atomic E-state index is 14.2. The summed E-state index contributed by atoms with van der Waals surface area (Å²) < 4.78 is 9.76. The van der Waals surface area contributed by atoms with E-state index >= 15 is 0 Å². The number of aromatic amines is 1. The Labute approximate surface area is 377 Å². The van der Waals surface area contributed by atoms with Gasteiger partial charge in [-0.1, -0.05) is 93.2 Å². The maximum Gasteiger partial charge on any atom is 0.407 e. The molecule has 10 rings (SSSR count). The van der Waals surface area contributed by atoms with E-state index in [1.807, 2.05) is 55.1 Å². The number of nitrogens with one attached hydrogen (secondary N) is 4. The summed E-state index contributed by atoms with van der Waals surface area (Å²) >= 11 is 0. The highest BCUT2D eigenvalue weighted by Crippen LogP contribution is 2.45. The largest absolute Gasteiger partial charge is 0.453 e. The van der Waals surface area contributed by atoms with Gasteiger partial charge in [-0.3, -0.25) is 14.6 Å². The highest BCUT2D eigenvalue weighted by molar-refractivity contribution is 6.05. The maximum absolute atomic E-state index is 14.2. The summed E-state index contributed by atoms with van der Waals surface area (Å²) in [6.07, 6.45) is 7.44. The van der Waals surface area contributed by atoms with Crippen LogP contribution < -0.4 is 16.0 Å². The standard InChI is InChI=1S/C51H54N8O6/c1-27(2)41(56-50(62)64-4)49(61)59-36-17-12-34(25-36)45(59)47-52-35-16-11-32-23-30(13-18-37(32)40(26-35)54-47)31-14-19-38-33(24-31)15-20-39-43(38)55-46(53-39)44-28(3)21-22-58(44)48(60)42(57-51(63)65-5)29-9-7-6-8-10-29/h6-11,13-16,18-20,23-24,27,34-36,40-42,44-45H,3,12,17,21-22,25-26H2,1-2,4-5H3,(H,52,54)(H,53,55)(H,56,62)(H,57,63)/t34-,35?,36?,40?,41-,42+,44-,45?/m0/s1. The van der Waals surface area contributed by atoms with Crippen LogP contribution in [0.15, 0.2) is 102 Å². The number of alkyl carbamates (subject to hydrolysis) is 2. The van der Waals surface area contributed by atoms with E-state index in [4.69, 9.17) is 19.5 Å². The number of nitrogens with zero attached hydrogens (tertiary/aromatic N) is 4. The van der Waals surface area contributed by atoms with E-state index in [1.54, 1.807) is 4.90 Å². The van der Waals surface area contributed by atoms with Crippen LogP contribution in [-0.4, -0.2) is 94.5 Å². The van der Waals surface area contributed by atoms with E-state index in [0.717, 1.165) is 75.6 Å². The zero-order valence-corrected chi connectivity index (χ0v) is 37.0. The Hall–Kier alpha value is -6.96. The van der Waals surface area contributed by atoms with Crippen LogP contribution >= 0.6 is 0 Å². The Morgan fingerprint density at radius 1 is 0.877 bits per heavy atom. The minimum atomic E-state index is -0.942. The number of likely N-dealkylation sites (tertiary alicyclic amines) is 2. The quantitative estimate of drug-likeness (QED) is 0.108. The predicted octanol–water partition coefficient (Wildman–Crippen LogP) is 7.90. The molecule has 4 heterocycles. The smallest absolute Gasteiger partial charge is 0.407 e. The Morgan fingerprint density at radius 3 is 2.43 bits per heavy atom. The van der Waals surface area contributed by atoms with E-state index in [9.17, 15) is 19.2 Å². The third-order valence-corrected chi connectivity index (χ3v) is 14.1. The third-order valence-electron chi connectivity index (χ3n) is 14.1. The van der Waals surface area contributed by atoms with E-state index in [2.05, 4.69) is 82.1 Å². The fourth-order valence-electron chi connectivity index (χ4n) is 10.9. The molecular formula is C51H54N8O6. The lowest BCUT2D eigenvalue weighted by Crippen LogP contribution is -2.60. The van der Waals surface area contributed by atoms with Crippen molar-refractivity contribution in [3.05, 3.63) is 120 Å². The van der Waals surface area contributed by atoms with Crippen molar-refractivity contribution in [3.8, 4) is 11.1 Å². The molecule has 3 aliphatic heterocycles. The first-order valence-electron chi connectivity index (χ1n) is 22.6. The summed E-state index contributed by atoms with van der Waals surface area (Å²) in [4.78, 5) is 70.7. The van der Waals surface area contributed by atoms with Crippen LogP contribution in [0.25, 0.3) is 39.0 Å². The number of rotatable bonds is 9. The second kappa shape index (κ2) is 16.9. The Balaban J connectivity index is 0.897. The number of amides is 4. The van der Waals surface area contributed by atoms with Gasteiger partial charge in [-0.2, -0.15) is 0 Å². The molecule has 65 heavy (non-hydrogen) atoms. The fourth-order valence-corrected chi connectivity index (χ4v) is 10.9. The number of aromatic nitrogens is 2. The van der Waals surface area contributed by atoms with Gasteiger partial charge in [-0.15, -0.1) is 0 Å². The van der Waals surface area contributed by atoms with Gasteiger partial charge in [0.1, 0.15) is 29.8 Å². The monoisotopic (exact) mass is 874 g/mol. The Kier molecular flexibility index (Phi) is 10.9. The summed E-state index contributed by atoms with van der Waals surface area (Å²) in [6.45, 7) is 8.66. The van der Waals surface area contributed by atoms with Crippen molar-refractivity contribution in [2.75, 3.05) is 20.8 Å². The van der Waals surface area contributed by atoms with Crippen LogP contribution in [0.3, 0.4) is 0 Å². The molecule has 1 saturated carbocycles. The summed E-state index contributed by atoms with van der Waals surface area (Å²) in [6, 6.07) is 24.1. The molecule has 4 aromatic carbocycles. The molecule has 4 bridgehead atoms. The molecule has 2 saturated heterocycles. The molecule has 2 aliphatic carbocycles. The summed E-state index contributed by atoms with van der Waals surface area (Å²) in [5.74, 6) is 1.34. The zero-order chi connectivity index (χ0) is 45.1. The second-order valence-corrected chi connectivity index (χ2v) is 18.3. The van der Waals surface area contributed by atoms with Crippen molar-refractivity contribution < 1.29 is 28.7 Å². The van der Waals surface area contributed by atoms with Gasteiger partial charge in [0.25, 0.3) is 5.91 Å². The summed E-state index contributed by atoms with van der Waals surface area (Å²) in [7, 11) is 2.60. The van der Waals surface area contributed by atoms with Gasteiger partial charge in [0.2, 0.25) is 5.91 Å². The van der Waals surface area contributed by atoms with Crippen LogP contribution in [0.2, 0.25) is 0 Å². The zero-order valence-electron chi connectivity index (χ0n) is 37.0. The number of imidazole rings is 1. The number of hydrogen-bond donors (Lipinski definition) is 4. The first kappa shape index (κ1) is 42.0. The Morgan fingerprint density at radius 2 is 1.65 bits per heavy atom. The van der Waals surface area contributed by atoms with Crippen molar-refractivity contribution in [2.45, 2.75) is 88.2 Å². The lowest BCUT2D eigenvalue weighted by Gasteiger charge is -2.41. The number of hydrogen-bond acceptors (Lipinski definition) is 9. The number of carbonyl (C=O) groups excluding carboxylic acids is 4. The Bertz CT molecular complexity index is 2800. The van der Waals surface area contributed by atoms with E-state index in [-0.39, 0.29) is 41.9 Å². The van der Waals surface area contributed by atoms with Crippen LogP contribution in [-0.2, 0) is 19.1 Å². The van der Waals surface area contributed by atoms with Crippen molar-refractivity contribution in [2.24, 2.45) is 16.8 Å². The molecule has 1 aromatic heterocycles. The number of ether oxygens (including phenoxy) is 2. The number of H-pyrrole nitrogens is 1. The molecule has 4 amide bonds. The van der Waals surface area contributed by atoms with E-state index in [1.165, 1.54) is 19.8 Å². The molecule has 5 aliphatic rings. The molecule has 4 unspecified atom stereocenters. The molecule has 0 radical (unpaired) electrons. The molecule has 0 spiro atoms. The van der Waals surface area contributed by atoms with E-state index in [0.29, 0.717) is 30.3 Å². The van der Waals surface area contributed by atoms with Crippen molar-refractivity contribution in [1.82, 2.24) is 35.7 Å². The van der Waals surface area contributed by atoms with Crippen LogP contribution in [0.1, 0.15) is 86.6 Å². The van der Waals surface area contributed by atoms with Crippen LogP contribution in [0.5, 0.6) is 0 Å². The molecule has 8 atom stereocenters. The van der Waals surface area contributed by atoms with Gasteiger partial charge >= 0.3 is 12.2 Å². The molecule has 14 heteroatoms. The average molecular weight is 875 g/mol. The predicted molar refractivity (Wildman–Crippen MR) is 249 cm³/mol. The van der Waals surface area contributed by atoms with Gasteiger partial charge in [0.05, 0.1) is 43.4 Å². The third kappa shape index (κ3) is 7.57. The van der Waals surface area contributed by atoms with Gasteiger partial charge in [-0.25, -0.2) is 14.6 Å². The highest BCUT2D eigenvalue weighted by Gasteiger charge is 2.53. The SMILES string of the molecule is C=C1CCN(C(=O)[C@H](NC(=O)OC)c2ccccc2)[C@@H]1c1nc2ccc3cc(-c4ccc5c(c4)C=CC4CC5NC(C5[C@H]6CCC(C6)N5C(=O)[C@@H](NC(=O)OC)C(C)C)=N4)ccc3c2[nH]1. The number of amidine groups is 1.